The summed E-state index contributed by atoms with van der Waals surface area (Å²) in [5, 5.41) is 34.0. The molecule has 0 radical (unpaired) electrons. The molecule has 4 N–H and O–H groups in total. The van der Waals surface area contributed by atoms with Crippen molar-refractivity contribution in [3.8, 4) is 11.5 Å². The van der Waals surface area contributed by atoms with Crippen molar-refractivity contribution in [3.05, 3.63) is 66.7 Å². The van der Waals surface area contributed by atoms with E-state index in [2.05, 4.69) is 5.32 Å². The average Bonchev–Trinajstić information content (AvgIpc) is 2.96. The van der Waals surface area contributed by atoms with Gasteiger partial charge in [0.1, 0.15) is 12.2 Å². The Balaban J connectivity index is 2.05. The number of methoxy groups -OCH3 is 1. The van der Waals surface area contributed by atoms with Gasteiger partial charge in [0.05, 0.1) is 29.9 Å². The molecule has 1 aliphatic rings. The smallest absolute Gasteiger partial charge is 0.247 e. The van der Waals surface area contributed by atoms with Crippen molar-refractivity contribution in [1.82, 2.24) is 10.2 Å². The standard InChI is InChI=1S/C29H35Cl2IN2O7/c1-3-4-5-26(37)34(15-18-6-7-20(30)14-21(18)31)23-12-19(29(39)33-8-9-35)13-24(27(23)38)41-28-22(32)10-17(16-36)11-25(28)40-2/h6-7,10-11,13-14,23-24,27,35-36,38H,3-5,8-9,12,15-16H2,1-2H3,(H,33,39). The Hall–Kier alpha value is -2.09. The van der Waals surface area contributed by atoms with Crippen LogP contribution in [0.2, 0.25) is 10.0 Å². The Bertz CT molecular complexity index is 1260. The van der Waals surface area contributed by atoms with Crippen LogP contribution in [0.3, 0.4) is 0 Å². The fraction of sp³-hybridized carbons (Fsp3) is 0.448. The molecule has 0 fully saturated rings. The molecular weight excluding hydrogens is 686 g/mol. The van der Waals surface area contributed by atoms with E-state index in [1.807, 2.05) is 29.5 Å². The topological polar surface area (TPSA) is 129 Å². The number of benzene rings is 2. The number of nitrogens with zero attached hydrogens (tertiary/aromatic N) is 1. The third-order valence-electron chi connectivity index (χ3n) is 6.76. The van der Waals surface area contributed by atoms with Crippen LogP contribution in [-0.2, 0) is 22.7 Å². The van der Waals surface area contributed by atoms with E-state index >= 15 is 0 Å². The molecule has 2 amide bonds. The van der Waals surface area contributed by atoms with Gasteiger partial charge in [0.25, 0.3) is 0 Å². The molecule has 224 valence electrons. The molecule has 12 heteroatoms. The number of carbonyl (C=O) groups is 2. The van der Waals surface area contributed by atoms with Crippen LogP contribution in [0.5, 0.6) is 11.5 Å². The Morgan fingerprint density at radius 3 is 2.59 bits per heavy atom. The van der Waals surface area contributed by atoms with E-state index in [9.17, 15) is 24.9 Å². The molecule has 0 aliphatic heterocycles. The lowest BCUT2D eigenvalue weighted by Gasteiger charge is -2.41. The van der Waals surface area contributed by atoms with Crippen LogP contribution >= 0.6 is 45.8 Å². The molecule has 0 saturated carbocycles. The number of amides is 2. The maximum absolute atomic E-state index is 13.6. The van der Waals surface area contributed by atoms with Crippen LogP contribution in [0, 0.1) is 3.57 Å². The van der Waals surface area contributed by atoms with E-state index in [-0.39, 0.29) is 45.1 Å². The van der Waals surface area contributed by atoms with Crippen molar-refractivity contribution < 1.29 is 34.4 Å². The summed E-state index contributed by atoms with van der Waals surface area (Å²) in [6.07, 6.45) is 1.04. The highest BCUT2D eigenvalue weighted by atomic mass is 127. The van der Waals surface area contributed by atoms with Gasteiger partial charge < -0.3 is 35.0 Å². The molecule has 0 aromatic heterocycles. The van der Waals surface area contributed by atoms with Gasteiger partial charge >= 0.3 is 0 Å². The molecular formula is C29H35Cl2IN2O7. The van der Waals surface area contributed by atoms with E-state index in [1.54, 1.807) is 35.2 Å². The number of halogens is 3. The van der Waals surface area contributed by atoms with Crippen LogP contribution < -0.4 is 14.8 Å². The summed E-state index contributed by atoms with van der Waals surface area (Å²) in [5.74, 6) is 0.0363. The molecule has 0 heterocycles. The normalized spacial score (nSPS) is 18.4. The monoisotopic (exact) mass is 720 g/mol. The number of hydrogen-bond acceptors (Lipinski definition) is 7. The van der Waals surface area contributed by atoms with Crippen LogP contribution in [0.25, 0.3) is 0 Å². The van der Waals surface area contributed by atoms with Crippen LogP contribution in [0.1, 0.15) is 43.7 Å². The second kappa shape index (κ2) is 15.9. The molecule has 0 saturated heterocycles. The number of carbonyl (C=O) groups excluding carboxylic acids is 2. The second-order valence-electron chi connectivity index (χ2n) is 9.64. The van der Waals surface area contributed by atoms with Gasteiger partial charge in [-0.3, -0.25) is 9.59 Å². The highest BCUT2D eigenvalue weighted by Gasteiger charge is 2.41. The molecule has 1 aliphatic carbocycles. The summed E-state index contributed by atoms with van der Waals surface area (Å²) >= 11 is 14.6. The summed E-state index contributed by atoms with van der Waals surface area (Å²) in [6, 6.07) is 7.52. The average molecular weight is 721 g/mol. The van der Waals surface area contributed by atoms with Gasteiger partial charge in [-0.25, -0.2) is 0 Å². The van der Waals surface area contributed by atoms with Gasteiger partial charge in [-0.05, 0) is 70.5 Å². The van der Waals surface area contributed by atoms with Crippen LogP contribution in [-0.4, -0.2) is 70.5 Å². The van der Waals surface area contributed by atoms with E-state index in [4.69, 9.17) is 32.7 Å². The van der Waals surface area contributed by atoms with Crippen molar-refractivity contribution in [3.63, 3.8) is 0 Å². The van der Waals surface area contributed by atoms with Gasteiger partial charge in [-0.1, -0.05) is 42.6 Å². The zero-order valence-corrected chi connectivity index (χ0v) is 26.6. The van der Waals surface area contributed by atoms with Crippen LogP contribution in [0.15, 0.2) is 42.0 Å². The van der Waals surface area contributed by atoms with Gasteiger partial charge in [0.2, 0.25) is 11.8 Å². The minimum atomic E-state index is -1.22. The first-order chi connectivity index (χ1) is 19.6. The second-order valence-corrected chi connectivity index (χ2v) is 11.6. The molecule has 3 atom stereocenters. The van der Waals surface area contributed by atoms with E-state index < -0.39 is 24.2 Å². The summed E-state index contributed by atoms with van der Waals surface area (Å²) in [4.78, 5) is 28.2. The summed E-state index contributed by atoms with van der Waals surface area (Å²) in [6.45, 7) is 1.68. The Kier molecular flexibility index (Phi) is 13.0. The SMILES string of the molecule is CCCCC(=O)N(Cc1ccc(Cl)cc1Cl)C1CC(C(=O)NCCO)=CC(Oc2c(I)cc(CO)cc2OC)C1O. The minimum Gasteiger partial charge on any atom is -0.493 e. The quantitative estimate of drug-likeness (QED) is 0.228. The largest absolute Gasteiger partial charge is 0.493 e. The number of ether oxygens (including phenoxy) is 2. The summed E-state index contributed by atoms with van der Waals surface area (Å²) in [7, 11) is 1.47. The van der Waals surface area contributed by atoms with E-state index in [0.29, 0.717) is 48.2 Å². The maximum Gasteiger partial charge on any atom is 0.247 e. The predicted molar refractivity (Wildman–Crippen MR) is 165 cm³/mol. The zero-order valence-electron chi connectivity index (χ0n) is 22.9. The molecule has 2 aromatic rings. The first-order valence-electron chi connectivity index (χ1n) is 13.3. The van der Waals surface area contributed by atoms with Crippen molar-refractivity contribution in [2.45, 2.75) is 64.0 Å². The lowest BCUT2D eigenvalue weighted by atomic mass is 9.87. The summed E-state index contributed by atoms with van der Waals surface area (Å²) in [5.41, 5.74) is 1.56. The number of unbranched alkanes of at least 4 members (excludes halogenated alkanes) is 1. The molecule has 9 nitrogen and oxygen atoms in total. The first kappa shape index (κ1) is 33.4. The first-order valence-corrected chi connectivity index (χ1v) is 15.1. The third-order valence-corrected chi connectivity index (χ3v) is 8.15. The van der Waals surface area contributed by atoms with Gasteiger partial charge in [0.15, 0.2) is 11.5 Å². The van der Waals surface area contributed by atoms with Crippen molar-refractivity contribution >= 4 is 57.6 Å². The minimum absolute atomic E-state index is 0.0444. The Labute approximate surface area is 263 Å². The number of rotatable bonds is 13. The molecule has 0 bridgehead atoms. The molecule has 3 unspecified atom stereocenters. The predicted octanol–water partition coefficient (Wildman–Crippen LogP) is 4.23. The van der Waals surface area contributed by atoms with Crippen molar-refractivity contribution in [1.29, 1.82) is 0 Å². The Morgan fingerprint density at radius 1 is 1.20 bits per heavy atom. The van der Waals surface area contributed by atoms with Gasteiger partial charge in [-0.2, -0.15) is 0 Å². The number of hydrogen-bond donors (Lipinski definition) is 4. The zero-order chi connectivity index (χ0) is 30.1. The summed E-state index contributed by atoms with van der Waals surface area (Å²) < 4.78 is 12.4. The number of nitrogens with one attached hydrogen (secondary N) is 1. The number of aliphatic hydroxyl groups excluding tert-OH is 3. The fourth-order valence-corrected chi connectivity index (χ4v) is 5.85. The van der Waals surface area contributed by atoms with Gasteiger partial charge in [-0.15, -0.1) is 0 Å². The van der Waals surface area contributed by atoms with E-state index in [1.165, 1.54) is 13.2 Å². The van der Waals surface area contributed by atoms with Crippen molar-refractivity contribution in [2.24, 2.45) is 0 Å². The molecule has 3 rings (SSSR count). The highest BCUT2D eigenvalue weighted by Crippen LogP contribution is 2.37. The Morgan fingerprint density at radius 2 is 1.95 bits per heavy atom. The molecule has 0 spiro atoms. The third kappa shape index (κ3) is 8.71. The fourth-order valence-electron chi connectivity index (χ4n) is 4.59. The number of aliphatic hydroxyl groups is 3. The molecule has 41 heavy (non-hydrogen) atoms. The van der Waals surface area contributed by atoms with Crippen LogP contribution in [0.4, 0.5) is 0 Å². The lowest BCUT2D eigenvalue weighted by molar-refractivity contribution is -0.139. The lowest BCUT2D eigenvalue weighted by Crippen LogP contribution is -2.54. The highest BCUT2D eigenvalue weighted by molar-refractivity contribution is 14.1. The van der Waals surface area contributed by atoms with Crippen molar-refractivity contribution in [2.75, 3.05) is 20.3 Å². The van der Waals surface area contributed by atoms with Gasteiger partial charge in [0, 0.05) is 41.5 Å². The maximum atomic E-state index is 13.6. The van der Waals surface area contributed by atoms with E-state index in [0.717, 1.165) is 6.42 Å². The molecule has 2 aromatic carbocycles.